The lowest BCUT2D eigenvalue weighted by Gasteiger charge is -2.14. The maximum atomic E-state index is 8.99. The zero-order valence-electron chi connectivity index (χ0n) is 16.3. The van der Waals surface area contributed by atoms with E-state index in [1.165, 1.54) is 0 Å². The molecule has 1 aromatic carbocycles. The van der Waals surface area contributed by atoms with Gasteiger partial charge in [-0.05, 0) is 36.9 Å². The number of rotatable bonds is 11. The van der Waals surface area contributed by atoms with Gasteiger partial charge >= 0.3 is 0 Å². The number of methoxy groups -OCH3 is 1. The Hall–Kier alpha value is -2.61. The minimum atomic E-state index is 0.149. The summed E-state index contributed by atoms with van der Waals surface area (Å²) >= 11 is 1.66. The van der Waals surface area contributed by atoms with E-state index < -0.39 is 0 Å². The van der Waals surface area contributed by atoms with Gasteiger partial charge in [-0.15, -0.1) is 0 Å². The number of ether oxygens (including phenoxy) is 1. The Kier molecular flexibility index (Phi) is 8.74. The van der Waals surface area contributed by atoms with Crippen LogP contribution in [0, 0.1) is 0 Å². The maximum absolute atomic E-state index is 8.99. The first-order valence-electron chi connectivity index (χ1n) is 8.77. The second-order valence-electron chi connectivity index (χ2n) is 5.88. The number of aromatic nitrogens is 2. The molecule has 0 radical (unpaired) electrons. The van der Waals surface area contributed by atoms with E-state index in [0.717, 1.165) is 22.6 Å². The quantitative estimate of drug-likeness (QED) is 0.336. The van der Waals surface area contributed by atoms with E-state index >= 15 is 0 Å². The van der Waals surface area contributed by atoms with Gasteiger partial charge in [0.05, 0.1) is 19.4 Å². The first-order chi connectivity index (χ1) is 13.6. The van der Waals surface area contributed by atoms with Crippen LogP contribution < -0.4 is 5.32 Å². The standard InChI is InChI=1S/C21H26N4O2S/c1-5-7-19(16(2)27-4)20-10-11-22-21(24-20)23-18-9-6-8-17(14-18)15-28-25(3)12-13-26/h5-11,14,26H,1-2,12-13,15H2,3-4H3,(H,22,23,24)/b19-7+. The number of hydrogen-bond acceptors (Lipinski definition) is 7. The number of nitrogens with one attached hydrogen (secondary N) is 1. The zero-order valence-corrected chi connectivity index (χ0v) is 17.1. The number of allylic oxidation sites excluding steroid dienone is 3. The molecule has 1 aromatic heterocycles. The summed E-state index contributed by atoms with van der Waals surface area (Å²) in [5.74, 6) is 1.81. The van der Waals surface area contributed by atoms with E-state index in [2.05, 4.69) is 40.6 Å². The smallest absolute Gasteiger partial charge is 0.227 e. The largest absolute Gasteiger partial charge is 0.497 e. The number of anilines is 2. The summed E-state index contributed by atoms with van der Waals surface area (Å²) in [6, 6.07) is 9.88. The van der Waals surface area contributed by atoms with E-state index in [9.17, 15) is 0 Å². The fourth-order valence-electron chi connectivity index (χ4n) is 2.38. The summed E-state index contributed by atoms with van der Waals surface area (Å²) in [6.07, 6.45) is 5.16. The minimum absolute atomic E-state index is 0.149. The van der Waals surface area contributed by atoms with Crippen LogP contribution in [-0.2, 0) is 10.5 Å². The van der Waals surface area contributed by atoms with Crippen molar-refractivity contribution in [3.8, 4) is 0 Å². The highest BCUT2D eigenvalue weighted by molar-refractivity contribution is 7.96. The second-order valence-corrected chi connectivity index (χ2v) is 7.05. The van der Waals surface area contributed by atoms with E-state index in [-0.39, 0.29) is 6.61 Å². The van der Waals surface area contributed by atoms with Crippen molar-refractivity contribution in [2.24, 2.45) is 0 Å². The van der Waals surface area contributed by atoms with Gasteiger partial charge in [0, 0.05) is 29.8 Å². The van der Waals surface area contributed by atoms with Crippen LogP contribution in [-0.4, -0.2) is 46.7 Å². The molecule has 0 spiro atoms. The number of benzene rings is 1. The second kappa shape index (κ2) is 11.3. The van der Waals surface area contributed by atoms with Crippen molar-refractivity contribution in [1.29, 1.82) is 0 Å². The molecule has 2 rings (SSSR count). The van der Waals surface area contributed by atoms with Crippen molar-refractivity contribution >= 4 is 29.2 Å². The lowest BCUT2D eigenvalue weighted by atomic mass is 10.1. The van der Waals surface area contributed by atoms with Gasteiger partial charge in [-0.1, -0.05) is 43.3 Å². The van der Waals surface area contributed by atoms with Crippen molar-refractivity contribution in [3.63, 3.8) is 0 Å². The van der Waals surface area contributed by atoms with Crippen LogP contribution in [0.2, 0.25) is 0 Å². The molecule has 0 saturated carbocycles. The normalized spacial score (nSPS) is 11.4. The molecule has 0 aliphatic heterocycles. The van der Waals surface area contributed by atoms with E-state index in [0.29, 0.717) is 23.9 Å². The number of likely N-dealkylation sites (N-methyl/N-ethyl adjacent to an activating group) is 1. The average molecular weight is 399 g/mol. The van der Waals surface area contributed by atoms with Gasteiger partial charge in [-0.25, -0.2) is 9.97 Å². The Morgan fingerprint density at radius 3 is 2.93 bits per heavy atom. The lowest BCUT2D eigenvalue weighted by Crippen LogP contribution is -2.14. The maximum Gasteiger partial charge on any atom is 0.227 e. The Morgan fingerprint density at radius 1 is 1.39 bits per heavy atom. The predicted molar refractivity (Wildman–Crippen MR) is 117 cm³/mol. The molecular formula is C21H26N4O2S. The molecule has 0 amide bonds. The highest BCUT2D eigenvalue weighted by Gasteiger charge is 2.09. The summed E-state index contributed by atoms with van der Waals surface area (Å²) in [7, 11) is 3.53. The van der Waals surface area contributed by atoms with Gasteiger partial charge in [0.15, 0.2) is 0 Å². The summed E-state index contributed by atoms with van der Waals surface area (Å²) in [5.41, 5.74) is 3.51. The van der Waals surface area contributed by atoms with Crippen molar-refractivity contribution in [2.45, 2.75) is 5.75 Å². The molecule has 2 N–H and O–H groups in total. The number of nitrogens with zero attached hydrogens (tertiary/aromatic N) is 3. The SMILES string of the molecule is C=C/C=C(\C(=C)OC)c1ccnc(Nc2cccc(CSN(C)CCO)c2)n1. The number of hydrogen-bond donors (Lipinski definition) is 2. The van der Waals surface area contributed by atoms with Gasteiger partial charge in [0.1, 0.15) is 5.76 Å². The van der Waals surface area contributed by atoms with Crippen LogP contribution in [0.3, 0.4) is 0 Å². The molecule has 0 aliphatic rings. The number of aliphatic hydroxyl groups is 1. The third kappa shape index (κ3) is 6.53. The monoisotopic (exact) mass is 398 g/mol. The number of aliphatic hydroxyl groups excluding tert-OH is 1. The third-order valence-corrected chi connectivity index (χ3v) is 4.90. The fraction of sp³-hybridized carbons (Fsp3) is 0.238. The first-order valence-corrected chi connectivity index (χ1v) is 9.72. The van der Waals surface area contributed by atoms with Crippen LogP contribution in [0.25, 0.3) is 5.57 Å². The van der Waals surface area contributed by atoms with Gasteiger partial charge in [-0.3, -0.25) is 4.31 Å². The predicted octanol–water partition coefficient (Wildman–Crippen LogP) is 4.02. The molecule has 0 saturated heterocycles. The molecule has 0 fully saturated rings. The third-order valence-electron chi connectivity index (χ3n) is 3.81. The van der Waals surface area contributed by atoms with Crippen molar-refractivity contribution in [1.82, 2.24) is 14.3 Å². The summed E-state index contributed by atoms with van der Waals surface area (Å²) in [4.78, 5) is 8.87. The molecule has 6 nitrogen and oxygen atoms in total. The van der Waals surface area contributed by atoms with Crippen LogP contribution in [0.4, 0.5) is 11.6 Å². The van der Waals surface area contributed by atoms with Crippen molar-refractivity contribution in [3.05, 3.63) is 78.9 Å². The molecular weight excluding hydrogens is 372 g/mol. The Bertz CT molecular complexity index is 839. The Morgan fingerprint density at radius 2 is 2.21 bits per heavy atom. The van der Waals surface area contributed by atoms with Gasteiger partial charge < -0.3 is 15.2 Å². The zero-order chi connectivity index (χ0) is 20.4. The molecule has 7 heteroatoms. The first kappa shape index (κ1) is 21.7. The highest BCUT2D eigenvalue weighted by Crippen LogP contribution is 2.23. The highest BCUT2D eigenvalue weighted by atomic mass is 32.2. The molecule has 1 heterocycles. The molecule has 28 heavy (non-hydrogen) atoms. The van der Waals surface area contributed by atoms with Crippen LogP contribution in [0.1, 0.15) is 11.3 Å². The minimum Gasteiger partial charge on any atom is -0.497 e. The Labute approximate surface area is 170 Å². The molecule has 2 aromatic rings. The molecule has 0 atom stereocenters. The van der Waals surface area contributed by atoms with Crippen molar-refractivity contribution < 1.29 is 9.84 Å². The van der Waals surface area contributed by atoms with E-state index in [4.69, 9.17) is 9.84 Å². The lowest BCUT2D eigenvalue weighted by molar-refractivity contribution is 0.273. The fourth-order valence-corrected chi connectivity index (χ4v) is 3.14. The van der Waals surface area contributed by atoms with Crippen LogP contribution in [0.5, 0.6) is 0 Å². The summed E-state index contributed by atoms with van der Waals surface area (Å²) in [6.45, 7) is 8.42. The molecule has 0 unspecified atom stereocenters. The summed E-state index contributed by atoms with van der Waals surface area (Å²) < 4.78 is 7.26. The van der Waals surface area contributed by atoms with Crippen LogP contribution >= 0.6 is 11.9 Å². The van der Waals surface area contributed by atoms with Crippen LogP contribution in [0.15, 0.2) is 67.6 Å². The van der Waals surface area contributed by atoms with Gasteiger partial charge in [-0.2, -0.15) is 0 Å². The molecule has 0 aliphatic carbocycles. The summed E-state index contributed by atoms with van der Waals surface area (Å²) in [5, 5.41) is 12.2. The van der Waals surface area contributed by atoms with Gasteiger partial charge in [0.25, 0.3) is 0 Å². The van der Waals surface area contributed by atoms with E-state index in [1.54, 1.807) is 43.5 Å². The topological polar surface area (TPSA) is 70.5 Å². The van der Waals surface area contributed by atoms with Gasteiger partial charge in [0.2, 0.25) is 5.95 Å². The Balaban J connectivity index is 2.13. The average Bonchev–Trinajstić information content (AvgIpc) is 2.70. The molecule has 148 valence electrons. The van der Waals surface area contributed by atoms with Crippen molar-refractivity contribution in [2.75, 3.05) is 32.6 Å². The van der Waals surface area contributed by atoms with E-state index in [1.807, 2.05) is 23.5 Å². The molecule has 0 bridgehead atoms.